The minimum atomic E-state index is 1.10. The molecule has 0 fully saturated rings. The summed E-state index contributed by atoms with van der Waals surface area (Å²) >= 11 is 6.34. The van der Waals surface area contributed by atoms with Crippen molar-refractivity contribution in [2.24, 2.45) is 0 Å². The van der Waals surface area contributed by atoms with E-state index >= 15 is 0 Å². The molecule has 0 saturated heterocycles. The van der Waals surface area contributed by atoms with Crippen LogP contribution in [0.2, 0.25) is 0 Å². The SMILES string of the molecule is CCCCSc1cc(C)ccc1S. The lowest BCUT2D eigenvalue weighted by Gasteiger charge is -2.04. The number of benzene rings is 1. The third-order valence-electron chi connectivity index (χ3n) is 1.87. The molecule has 0 aliphatic rings. The molecule has 0 nitrogen and oxygen atoms in total. The van der Waals surface area contributed by atoms with E-state index in [1.165, 1.54) is 29.1 Å². The second kappa shape index (κ2) is 5.61. The van der Waals surface area contributed by atoms with Crippen molar-refractivity contribution in [3.05, 3.63) is 23.8 Å². The first-order valence-electron chi connectivity index (χ1n) is 4.66. The maximum atomic E-state index is 4.43. The zero-order valence-electron chi connectivity index (χ0n) is 8.21. The van der Waals surface area contributed by atoms with Gasteiger partial charge in [-0.2, -0.15) is 0 Å². The van der Waals surface area contributed by atoms with Crippen molar-refractivity contribution in [1.82, 2.24) is 0 Å². The van der Waals surface area contributed by atoms with Gasteiger partial charge in [0.1, 0.15) is 0 Å². The average Bonchev–Trinajstić information content (AvgIpc) is 2.11. The predicted octanol–water partition coefficient (Wildman–Crippen LogP) is 4.18. The molecule has 0 N–H and O–H groups in total. The Kier molecular flexibility index (Phi) is 4.74. The van der Waals surface area contributed by atoms with Crippen LogP contribution >= 0.6 is 24.4 Å². The van der Waals surface area contributed by atoms with Crippen molar-refractivity contribution in [2.75, 3.05) is 5.75 Å². The fourth-order valence-electron chi connectivity index (χ4n) is 1.06. The Balaban J connectivity index is 2.59. The number of unbranched alkanes of at least 4 members (excludes halogenated alkanes) is 1. The lowest BCUT2D eigenvalue weighted by molar-refractivity contribution is 0.895. The summed E-state index contributed by atoms with van der Waals surface area (Å²) in [6, 6.07) is 6.39. The van der Waals surface area contributed by atoms with E-state index < -0.39 is 0 Å². The van der Waals surface area contributed by atoms with E-state index in [-0.39, 0.29) is 0 Å². The van der Waals surface area contributed by atoms with Crippen molar-refractivity contribution < 1.29 is 0 Å². The molecule has 0 atom stereocenters. The van der Waals surface area contributed by atoms with Crippen LogP contribution in [0, 0.1) is 6.92 Å². The summed E-state index contributed by atoms with van der Waals surface area (Å²) in [5.74, 6) is 1.20. The predicted molar refractivity (Wildman–Crippen MR) is 64.1 cm³/mol. The monoisotopic (exact) mass is 212 g/mol. The third kappa shape index (κ3) is 3.65. The van der Waals surface area contributed by atoms with Gasteiger partial charge in [-0.1, -0.05) is 19.4 Å². The molecule has 1 rings (SSSR count). The van der Waals surface area contributed by atoms with Crippen molar-refractivity contribution >= 4 is 24.4 Å². The van der Waals surface area contributed by atoms with Gasteiger partial charge < -0.3 is 0 Å². The molecule has 0 aliphatic carbocycles. The van der Waals surface area contributed by atoms with Crippen molar-refractivity contribution in [3.8, 4) is 0 Å². The van der Waals surface area contributed by atoms with E-state index in [0.717, 1.165) is 4.90 Å². The Hall–Kier alpha value is -0.0800. The van der Waals surface area contributed by atoms with Crippen LogP contribution in [-0.2, 0) is 0 Å². The fourth-order valence-corrected chi connectivity index (χ4v) is 2.53. The summed E-state index contributed by atoms with van der Waals surface area (Å²) < 4.78 is 0. The van der Waals surface area contributed by atoms with Gasteiger partial charge in [0.25, 0.3) is 0 Å². The molecule has 0 saturated carbocycles. The highest BCUT2D eigenvalue weighted by molar-refractivity contribution is 7.99. The normalized spacial score (nSPS) is 10.4. The number of thioether (sulfide) groups is 1. The van der Waals surface area contributed by atoms with Gasteiger partial charge in [-0.25, -0.2) is 0 Å². The van der Waals surface area contributed by atoms with Crippen molar-refractivity contribution in [1.29, 1.82) is 0 Å². The highest BCUT2D eigenvalue weighted by Crippen LogP contribution is 2.27. The molecule has 0 amide bonds. The summed E-state index contributed by atoms with van der Waals surface area (Å²) in [4.78, 5) is 2.42. The Morgan fingerprint density at radius 3 is 2.85 bits per heavy atom. The molecular formula is C11H16S2. The van der Waals surface area contributed by atoms with Gasteiger partial charge in [-0.3, -0.25) is 0 Å². The van der Waals surface area contributed by atoms with Gasteiger partial charge in [0.05, 0.1) is 0 Å². The minimum absolute atomic E-state index is 1.10. The maximum Gasteiger partial charge on any atom is 0.0208 e. The van der Waals surface area contributed by atoms with Crippen LogP contribution in [0.3, 0.4) is 0 Å². The van der Waals surface area contributed by atoms with E-state index in [9.17, 15) is 0 Å². The lowest BCUT2D eigenvalue weighted by atomic mass is 10.2. The zero-order chi connectivity index (χ0) is 9.68. The molecule has 2 heteroatoms. The molecule has 1 aromatic rings. The molecule has 0 aliphatic heterocycles. The molecule has 0 radical (unpaired) electrons. The molecule has 0 heterocycles. The Morgan fingerprint density at radius 2 is 2.15 bits per heavy atom. The zero-order valence-corrected chi connectivity index (χ0v) is 9.92. The molecule has 0 spiro atoms. The second-order valence-electron chi connectivity index (χ2n) is 3.17. The summed E-state index contributed by atoms with van der Waals surface area (Å²) in [7, 11) is 0. The van der Waals surface area contributed by atoms with Crippen molar-refractivity contribution in [2.45, 2.75) is 36.5 Å². The van der Waals surface area contributed by atoms with Crippen LogP contribution in [0.1, 0.15) is 25.3 Å². The highest BCUT2D eigenvalue weighted by atomic mass is 32.2. The Morgan fingerprint density at radius 1 is 1.38 bits per heavy atom. The highest BCUT2D eigenvalue weighted by Gasteiger charge is 1.99. The number of aryl methyl sites for hydroxylation is 1. The van der Waals surface area contributed by atoms with Crippen LogP contribution in [0.25, 0.3) is 0 Å². The van der Waals surface area contributed by atoms with E-state index in [2.05, 4.69) is 44.7 Å². The molecule has 0 bridgehead atoms. The standard InChI is InChI=1S/C11H16S2/c1-3-4-7-13-11-8-9(2)5-6-10(11)12/h5-6,8,12H,3-4,7H2,1-2H3. The van der Waals surface area contributed by atoms with Crippen LogP contribution < -0.4 is 0 Å². The van der Waals surface area contributed by atoms with E-state index in [1.54, 1.807) is 0 Å². The Bertz CT molecular complexity index is 269. The van der Waals surface area contributed by atoms with Crippen LogP contribution in [0.15, 0.2) is 28.0 Å². The first kappa shape index (κ1) is 11.0. The molecule has 72 valence electrons. The van der Waals surface area contributed by atoms with Gasteiger partial charge in [-0.15, -0.1) is 24.4 Å². The summed E-state index contributed by atoms with van der Waals surface area (Å²) in [6.07, 6.45) is 2.55. The number of hydrogen-bond acceptors (Lipinski definition) is 2. The molecule has 13 heavy (non-hydrogen) atoms. The fraction of sp³-hybridized carbons (Fsp3) is 0.455. The minimum Gasteiger partial charge on any atom is -0.142 e. The van der Waals surface area contributed by atoms with E-state index in [1.807, 2.05) is 11.8 Å². The third-order valence-corrected chi connectivity index (χ3v) is 3.55. The molecular weight excluding hydrogens is 196 g/mol. The van der Waals surface area contributed by atoms with Crippen LogP contribution in [-0.4, -0.2) is 5.75 Å². The topological polar surface area (TPSA) is 0 Å². The van der Waals surface area contributed by atoms with Crippen molar-refractivity contribution in [3.63, 3.8) is 0 Å². The first-order chi connectivity index (χ1) is 6.24. The first-order valence-corrected chi connectivity index (χ1v) is 6.09. The van der Waals surface area contributed by atoms with E-state index in [0.29, 0.717) is 0 Å². The number of rotatable bonds is 4. The quantitative estimate of drug-likeness (QED) is 0.444. The average molecular weight is 212 g/mol. The van der Waals surface area contributed by atoms with E-state index in [4.69, 9.17) is 0 Å². The lowest BCUT2D eigenvalue weighted by Crippen LogP contribution is -1.82. The molecule has 1 aromatic carbocycles. The second-order valence-corrected chi connectivity index (χ2v) is 4.79. The van der Waals surface area contributed by atoms with Gasteiger partial charge in [-0.05, 0) is 36.8 Å². The maximum absolute atomic E-state index is 4.43. The molecule has 0 unspecified atom stereocenters. The van der Waals surface area contributed by atoms with Gasteiger partial charge in [0, 0.05) is 9.79 Å². The number of thiol groups is 1. The summed E-state index contributed by atoms with van der Waals surface area (Å²) in [6.45, 7) is 4.34. The summed E-state index contributed by atoms with van der Waals surface area (Å²) in [5, 5.41) is 0. The van der Waals surface area contributed by atoms with Gasteiger partial charge in [0.15, 0.2) is 0 Å². The summed E-state index contributed by atoms with van der Waals surface area (Å²) in [5.41, 5.74) is 1.32. The van der Waals surface area contributed by atoms with Crippen LogP contribution in [0.4, 0.5) is 0 Å². The molecule has 0 aromatic heterocycles. The largest absolute Gasteiger partial charge is 0.142 e. The van der Waals surface area contributed by atoms with Crippen LogP contribution in [0.5, 0.6) is 0 Å². The Labute approximate surface area is 90.5 Å². The smallest absolute Gasteiger partial charge is 0.0208 e. The van der Waals surface area contributed by atoms with Gasteiger partial charge in [0.2, 0.25) is 0 Å². The van der Waals surface area contributed by atoms with Gasteiger partial charge >= 0.3 is 0 Å². The number of hydrogen-bond donors (Lipinski definition) is 1.